The van der Waals surface area contributed by atoms with E-state index in [0.29, 0.717) is 19.3 Å². The largest absolute Gasteiger partial charge is 0.461 e. The van der Waals surface area contributed by atoms with Crippen molar-refractivity contribution in [2.24, 2.45) is 0 Å². The van der Waals surface area contributed by atoms with E-state index in [0.717, 1.165) is 5.56 Å². The lowest BCUT2D eigenvalue weighted by atomic mass is 10.0. The lowest BCUT2D eigenvalue weighted by Crippen LogP contribution is -2.39. The van der Waals surface area contributed by atoms with E-state index in [1.54, 1.807) is 0 Å². The van der Waals surface area contributed by atoms with Crippen molar-refractivity contribution in [1.82, 2.24) is 10.6 Å². The highest BCUT2D eigenvalue weighted by atomic mass is 32.2. The molecule has 2 saturated heterocycles. The summed E-state index contributed by atoms with van der Waals surface area (Å²) in [5.41, 5.74) is 0.934. The number of amides is 2. The fourth-order valence-corrected chi connectivity index (χ4v) is 5.70. The van der Waals surface area contributed by atoms with Crippen molar-refractivity contribution in [3.8, 4) is 0 Å². The van der Waals surface area contributed by atoms with E-state index in [2.05, 4.69) is 10.6 Å². The summed E-state index contributed by atoms with van der Waals surface area (Å²) >= 11 is 0. The fourth-order valence-electron chi connectivity index (χ4n) is 3.43. The monoisotopic (exact) mass is 366 g/mol. The lowest BCUT2D eigenvalue weighted by Gasteiger charge is -2.16. The summed E-state index contributed by atoms with van der Waals surface area (Å²) < 4.78 is 29.6. The number of fused-ring (bicyclic) bond motifs is 1. The van der Waals surface area contributed by atoms with E-state index < -0.39 is 15.1 Å². The van der Waals surface area contributed by atoms with Crippen LogP contribution in [-0.4, -0.2) is 43.5 Å². The van der Waals surface area contributed by atoms with Crippen LogP contribution in [0.25, 0.3) is 0 Å². The minimum atomic E-state index is -3.21. The number of urea groups is 1. The number of carbonyl (C=O) groups excluding carboxylic acids is 2. The van der Waals surface area contributed by atoms with Crippen molar-refractivity contribution in [1.29, 1.82) is 0 Å². The van der Waals surface area contributed by atoms with E-state index in [-0.39, 0.29) is 42.9 Å². The molecule has 2 aliphatic rings. The summed E-state index contributed by atoms with van der Waals surface area (Å²) in [5.74, 6) is -0.299. The second kappa shape index (κ2) is 7.43. The summed E-state index contributed by atoms with van der Waals surface area (Å²) in [6.07, 6.45) is 1.87. The second-order valence-corrected chi connectivity index (χ2v) is 8.77. The minimum Gasteiger partial charge on any atom is -0.461 e. The maximum absolute atomic E-state index is 12.2. The Labute approximate surface area is 147 Å². The Hall–Kier alpha value is -2.09. The number of rotatable bonds is 7. The van der Waals surface area contributed by atoms with E-state index in [1.807, 2.05) is 30.3 Å². The van der Waals surface area contributed by atoms with Gasteiger partial charge < -0.3 is 15.4 Å². The summed E-state index contributed by atoms with van der Waals surface area (Å²) in [6.45, 7) is 0.248. The van der Waals surface area contributed by atoms with Gasteiger partial charge in [0.2, 0.25) is 0 Å². The normalized spacial score (nSPS) is 26.6. The smallest absolute Gasteiger partial charge is 0.315 e. The number of carbonyl (C=O) groups is 2. The molecule has 1 aromatic carbocycles. The van der Waals surface area contributed by atoms with Crippen LogP contribution in [0.3, 0.4) is 0 Å². The van der Waals surface area contributed by atoms with Crippen LogP contribution in [0.1, 0.15) is 31.2 Å². The van der Waals surface area contributed by atoms with Crippen LogP contribution in [0.4, 0.5) is 4.79 Å². The van der Waals surface area contributed by atoms with Crippen LogP contribution >= 0.6 is 0 Å². The molecule has 25 heavy (non-hydrogen) atoms. The van der Waals surface area contributed by atoms with Crippen molar-refractivity contribution in [2.45, 2.75) is 49.6 Å². The number of sulfone groups is 1. The first-order chi connectivity index (χ1) is 12.0. The van der Waals surface area contributed by atoms with Crippen molar-refractivity contribution < 1.29 is 22.7 Å². The summed E-state index contributed by atoms with van der Waals surface area (Å²) in [7, 11) is -3.21. The van der Waals surface area contributed by atoms with Crippen LogP contribution in [-0.2, 0) is 26.0 Å². The molecular weight excluding hydrogens is 344 g/mol. The first-order valence-electron chi connectivity index (χ1n) is 8.44. The highest BCUT2D eigenvalue weighted by Crippen LogP contribution is 2.28. The van der Waals surface area contributed by atoms with Crippen LogP contribution in [0.5, 0.6) is 0 Å². The van der Waals surface area contributed by atoms with Gasteiger partial charge in [0, 0.05) is 6.42 Å². The van der Waals surface area contributed by atoms with Crippen molar-refractivity contribution in [3.05, 3.63) is 35.9 Å². The minimum absolute atomic E-state index is 0.0137. The molecule has 0 radical (unpaired) electrons. The van der Waals surface area contributed by atoms with Crippen molar-refractivity contribution in [3.63, 3.8) is 0 Å². The molecule has 2 amide bonds. The summed E-state index contributed by atoms with van der Waals surface area (Å²) in [5, 5.41) is 4.76. The summed E-state index contributed by atoms with van der Waals surface area (Å²) in [4.78, 5) is 23.1. The van der Waals surface area contributed by atoms with Gasteiger partial charge in [-0.25, -0.2) is 13.2 Å². The average molecular weight is 366 g/mol. The van der Waals surface area contributed by atoms with Crippen LogP contribution in [0.15, 0.2) is 30.3 Å². The molecule has 1 aromatic rings. The van der Waals surface area contributed by atoms with Gasteiger partial charge in [0.05, 0.1) is 23.1 Å². The third-order valence-corrected chi connectivity index (χ3v) is 6.96. The van der Waals surface area contributed by atoms with Crippen LogP contribution in [0, 0.1) is 0 Å². The number of benzene rings is 1. The van der Waals surface area contributed by atoms with Gasteiger partial charge in [-0.2, -0.15) is 0 Å². The number of unbranched alkanes of at least 4 members (excludes halogenated alkanes) is 1. The van der Waals surface area contributed by atoms with E-state index in [1.165, 1.54) is 0 Å². The van der Waals surface area contributed by atoms with E-state index in [4.69, 9.17) is 4.74 Å². The number of nitrogens with one attached hydrogen (secondary N) is 2. The number of esters is 1. The Bertz CT molecular complexity index is 735. The molecule has 136 valence electrons. The number of hydrogen-bond donors (Lipinski definition) is 2. The molecule has 0 aliphatic carbocycles. The third kappa shape index (κ3) is 4.31. The molecule has 7 nitrogen and oxygen atoms in total. The van der Waals surface area contributed by atoms with Crippen LogP contribution in [0.2, 0.25) is 0 Å². The van der Waals surface area contributed by atoms with Gasteiger partial charge in [0.25, 0.3) is 0 Å². The van der Waals surface area contributed by atoms with E-state index >= 15 is 0 Å². The Kier molecular flexibility index (Phi) is 5.27. The first kappa shape index (κ1) is 17.7. The molecule has 2 fully saturated rings. The lowest BCUT2D eigenvalue weighted by molar-refractivity contribution is -0.145. The zero-order valence-electron chi connectivity index (χ0n) is 13.8. The van der Waals surface area contributed by atoms with Gasteiger partial charge >= 0.3 is 12.0 Å². The average Bonchev–Trinajstić information content (AvgIpc) is 3.02. The topological polar surface area (TPSA) is 102 Å². The molecule has 0 spiro atoms. The van der Waals surface area contributed by atoms with Gasteiger partial charge in [0.1, 0.15) is 6.61 Å². The SMILES string of the molecule is O=C1N[C@H]2[C@@H](CS(=O)(=O)[C@H]2CCCCC(=O)OCc2ccccc2)N1. The molecule has 3 atom stereocenters. The zero-order chi connectivity index (χ0) is 17.9. The standard InChI is InChI=1S/C17H22N2O5S/c20-15(24-10-12-6-2-1-3-7-12)9-5-4-8-14-16-13(11-25(14,22)23)18-17(21)19-16/h1-3,6-7,13-14,16H,4-5,8-11H2,(H2,18,19,21)/t13-,14+,16+/m1/s1. The van der Waals surface area contributed by atoms with Gasteiger partial charge in [-0.05, 0) is 18.4 Å². The van der Waals surface area contributed by atoms with Crippen LogP contribution < -0.4 is 10.6 Å². The molecule has 2 N–H and O–H groups in total. The van der Waals surface area contributed by atoms with E-state index in [9.17, 15) is 18.0 Å². The molecule has 8 heteroatoms. The number of hydrogen-bond acceptors (Lipinski definition) is 5. The van der Waals surface area contributed by atoms with Gasteiger partial charge in [0.15, 0.2) is 9.84 Å². The van der Waals surface area contributed by atoms with Crippen molar-refractivity contribution >= 4 is 21.8 Å². The Morgan fingerprint density at radius 2 is 1.92 bits per heavy atom. The first-order valence-corrected chi connectivity index (χ1v) is 10.2. The molecule has 0 unspecified atom stereocenters. The van der Waals surface area contributed by atoms with Gasteiger partial charge in [-0.3, -0.25) is 4.79 Å². The quantitative estimate of drug-likeness (QED) is 0.428. The predicted molar refractivity (Wildman–Crippen MR) is 91.5 cm³/mol. The molecular formula is C17H22N2O5S. The molecule has 0 saturated carbocycles. The van der Waals surface area contributed by atoms with Gasteiger partial charge in [-0.1, -0.05) is 36.8 Å². The van der Waals surface area contributed by atoms with Gasteiger partial charge in [-0.15, -0.1) is 0 Å². The third-order valence-electron chi connectivity index (χ3n) is 4.68. The fraction of sp³-hybridized carbons (Fsp3) is 0.529. The molecule has 0 bridgehead atoms. The summed E-state index contributed by atoms with van der Waals surface area (Å²) in [6, 6.07) is 8.44. The Morgan fingerprint density at radius 1 is 1.16 bits per heavy atom. The van der Waals surface area contributed by atoms with Crippen molar-refractivity contribution in [2.75, 3.05) is 5.75 Å². The molecule has 2 aliphatic heterocycles. The molecule has 2 heterocycles. The number of ether oxygens (including phenoxy) is 1. The maximum atomic E-state index is 12.2. The second-order valence-electron chi connectivity index (χ2n) is 6.51. The maximum Gasteiger partial charge on any atom is 0.315 e. The molecule has 3 rings (SSSR count). The highest BCUT2D eigenvalue weighted by Gasteiger charge is 2.51. The molecule has 0 aromatic heterocycles. The zero-order valence-corrected chi connectivity index (χ0v) is 14.6. The predicted octanol–water partition coefficient (Wildman–Crippen LogP) is 1.14. The Balaban J connectivity index is 1.39. The Morgan fingerprint density at radius 3 is 2.68 bits per heavy atom. The highest BCUT2D eigenvalue weighted by molar-refractivity contribution is 7.92.